The minimum Gasteiger partial charge on any atom is -0.497 e. The summed E-state index contributed by atoms with van der Waals surface area (Å²) in [6, 6.07) is 9.86. The Morgan fingerprint density at radius 1 is 1.32 bits per heavy atom. The molecule has 0 saturated heterocycles. The van der Waals surface area contributed by atoms with Gasteiger partial charge in [-0.15, -0.1) is 0 Å². The third-order valence-corrected chi connectivity index (χ3v) is 2.71. The number of ether oxygens (including phenoxy) is 1. The molecular formula is C14H15N3O2. The molecule has 0 spiro atoms. The Bertz CT molecular complexity index is 555. The van der Waals surface area contributed by atoms with E-state index < -0.39 is 0 Å². The van der Waals surface area contributed by atoms with Gasteiger partial charge in [-0.1, -0.05) is 17.3 Å². The van der Waals surface area contributed by atoms with E-state index in [9.17, 15) is 0 Å². The van der Waals surface area contributed by atoms with Crippen LogP contribution < -0.4 is 4.74 Å². The summed E-state index contributed by atoms with van der Waals surface area (Å²) in [5.41, 5.74) is 1.10. The number of aryl methyl sites for hydroxylation is 1. The van der Waals surface area contributed by atoms with Crippen molar-refractivity contribution < 1.29 is 9.26 Å². The Balaban J connectivity index is 1.93. The zero-order valence-electron chi connectivity index (χ0n) is 10.8. The molecule has 0 fully saturated rings. The topological polar surface area (TPSA) is 71.9 Å². The summed E-state index contributed by atoms with van der Waals surface area (Å²) >= 11 is 0. The van der Waals surface area contributed by atoms with Gasteiger partial charge in [-0.25, -0.2) is 0 Å². The molecule has 2 aromatic rings. The van der Waals surface area contributed by atoms with E-state index in [4.69, 9.17) is 14.5 Å². The van der Waals surface area contributed by atoms with Crippen molar-refractivity contribution in [2.75, 3.05) is 7.11 Å². The molecule has 0 saturated carbocycles. The molecule has 0 radical (unpaired) electrons. The number of benzene rings is 1. The molecule has 0 N–H and O–H groups in total. The first-order valence-corrected chi connectivity index (χ1v) is 6.13. The Labute approximate surface area is 111 Å². The summed E-state index contributed by atoms with van der Waals surface area (Å²) < 4.78 is 10.2. The van der Waals surface area contributed by atoms with Crippen LogP contribution in [-0.4, -0.2) is 17.3 Å². The second kappa shape index (κ2) is 6.55. The summed E-state index contributed by atoms with van der Waals surface area (Å²) in [5.74, 6) is 2.09. The molecule has 98 valence electrons. The van der Waals surface area contributed by atoms with Crippen LogP contribution in [0.25, 0.3) is 0 Å². The quantitative estimate of drug-likeness (QED) is 0.743. The molecule has 0 aliphatic rings. The van der Waals surface area contributed by atoms with Crippen molar-refractivity contribution in [3.63, 3.8) is 0 Å². The maximum absolute atomic E-state index is 8.46. The summed E-state index contributed by atoms with van der Waals surface area (Å²) in [6.07, 6.45) is 2.55. The van der Waals surface area contributed by atoms with E-state index in [1.807, 2.05) is 24.3 Å². The lowest BCUT2D eigenvalue weighted by molar-refractivity contribution is 0.371. The van der Waals surface area contributed by atoms with E-state index in [0.717, 1.165) is 17.7 Å². The standard InChI is InChI=1S/C14H15N3O2/c1-18-12-7-5-11(6-8-12)10-13-16-14(19-17-13)4-2-3-9-15/h5-8H,2-4,10H2,1H3. The molecule has 0 unspecified atom stereocenters. The van der Waals surface area contributed by atoms with Gasteiger partial charge in [0.2, 0.25) is 5.89 Å². The van der Waals surface area contributed by atoms with Crippen LogP contribution in [0.1, 0.15) is 30.1 Å². The highest BCUT2D eigenvalue weighted by Crippen LogP contribution is 2.14. The molecule has 5 nitrogen and oxygen atoms in total. The molecule has 0 aliphatic heterocycles. The van der Waals surface area contributed by atoms with Crippen molar-refractivity contribution in [2.45, 2.75) is 25.7 Å². The molecular weight excluding hydrogens is 242 g/mol. The van der Waals surface area contributed by atoms with Crippen molar-refractivity contribution >= 4 is 0 Å². The van der Waals surface area contributed by atoms with E-state index in [1.165, 1.54) is 0 Å². The van der Waals surface area contributed by atoms with Gasteiger partial charge in [-0.05, 0) is 24.1 Å². The number of nitrogens with zero attached hydrogens (tertiary/aromatic N) is 3. The third-order valence-electron chi connectivity index (χ3n) is 2.71. The maximum atomic E-state index is 8.46. The van der Waals surface area contributed by atoms with Crippen LogP contribution >= 0.6 is 0 Å². The number of nitriles is 1. The maximum Gasteiger partial charge on any atom is 0.226 e. The fourth-order valence-electron chi connectivity index (χ4n) is 1.71. The first kappa shape index (κ1) is 13.1. The molecule has 1 heterocycles. The molecule has 2 rings (SSSR count). The van der Waals surface area contributed by atoms with Crippen LogP contribution in [0.2, 0.25) is 0 Å². The van der Waals surface area contributed by atoms with E-state index >= 15 is 0 Å². The van der Waals surface area contributed by atoms with Gasteiger partial charge in [0.05, 0.1) is 13.2 Å². The van der Waals surface area contributed by atoms with E-state index in [2.05, 4.69) is 16.2 Å². The predicted molar refractivity (Wildman–Crippen MR) is 68.6 cm³/mol. The number of aromatic nitrogens is 2. The summed E-state index contributed by atoms with van der Waals surface area (Å²) in [4.78, 5) is 4.30. The third kappa shape index (κ3) is 3.81. The second-order valence-corrected chi connectivity index (χ2v) is 4.14. The van der Waals surface area contributed by atoms with E-state index in [1.54, 1.807) is 7.11 Å². The van der Waals surface area contributed by atoms with Gasteiger partial charge in [0.1, 0.15) is 5.75 Å². The predicted octanol–water partition coefficient (Wildman–Crippen LogP) is 2.52. The van der Waals surface area contributed by atoms with Crippen molar-refractivity contribution in [3.05, 3.63) is 41.5 Å². The van der Waals surface area contributed by atoms with Gasteiger partial charge in [-0.3, -0.25) is 0 Å². The van der Waals surface area contributed by atoms with E-state index in [0.29, 0.717) is 31.0 Å². The normalized spacial score (nSPS) is 10.1. The minimum absolute atomic E-state index is 0.510. The lowest BCUT2D eigenvalue weighted by Crippen LogP contribution is -1.92. The van der Waals surface area contributed by atoms with Crippen LogP contribution in [0.15, 0.2) is 28.8 Å². The van der Waals surface area contributed by atoms with Crippen LogP contribution in [0.5, 0.6) is 5.75 Å². The smallest absolute Gasteiger partial charge is 0.226 e. The average Bonchev–Trinajstić information content (AvgIpc) is 2.88. The fraction of sp³-hybridized carbons (Fsp3) is 0.357. The van der Waals surface area contributed by atoms with Crippen molar-refractivity contribution in [1.29, 1.82) is 5.26 Å². The average molecular weight is 257 g/mol. The van der Waals surface area contributed by atoms with Gasteiger partial charge in [0.25, 0.3) is 0 Å². The highest BCUT2D eigenvalue weighted by atomic mass is 16.5. The van der Waals surface area contributed by atoms with Gasteiger partial charge in [0, 0.05) is 19.3 Å². The van der Waals surface area contributed by atoms with Crippen molar-refractivity contribution in [2.24, 2.45) is 0 Å². The SMILES string of the molecule is COc1ccc(Cc2noc(CCCC#N)n2)cc1. The van der Waals surface area contributed by atoms with E-state index in [-0.39, 0.29) is 0 Å². The molecule has 0 aliphatic carbocycles. The zero-order valence-corrected chi connectivity index (χ0v) is 10.8. The van der Waals surface area contributed by atoms with Crippen LogP contribution in [0, 0.1) is 11.3 Å². The number of hydrogen-bond acceptors (Lipinski definition) is 5. The Morgan fingerprint density at radius 3 is 2.79 bits per heavy atom. The number of methoxy groups -OCH3 is 1. The highest BCUT2D eigenvalue weighted by Gasteiger charge is 2.07. The first-order chi connectivity index (χ1) is 9.31. The summed E-state index contributed by atoms with van der Waals surface area (Å²) in [6.45, 7) is 0. The van der Waals surface area contributed by atoms with Crippen molar-refractivity contribution in [1.82, 2.24) is 10.1 Å². The number of rotatable bonds is 6. The minimum atomic E-state index is 0.510. The second-order valence-electron chi connectivity index (χ2n) is 4.14. The highest BCUT2D eigenvalue weighted by molar-refractivity contribution is 5.28. The largest absolute Gasteiger partial charge is 0.497 e. The summed E-state index contributed by atoms with van der Waals surface area (Å²) in [7, 11) is 1.64. The van der Waals surface area contributed by atoms with Crippen LogP contribution in [0.3, 0.4) is 0 Å². The first-order valence-electron chi connectivity index (χ1n) is 6.13. The lowest BCUT2D eigenvalue weighted by atomic mass is 10.1. The van der Waals surface area contributed by atoms with Gasteiger partial charge < -0.3 is 9.26 Å². The molecule has 0 amide bonds. The lowest BCUT2D eigenvalue weighted by Gasteiger charge is -2.00. The van der Waals surface area contributed by atoms with Crippen molar-refractivity contribution in [3.8, 4) is 11.8 Å². The molecule has 1 aromatic carbocycles. The number of hydrogen-bond donors (Lipinski definition) is 0. The zero-order chi connectivity index (χ0) is 13.5. The monoisotopic (exact) mass is 257 g/mol. The Hall–Kier alpha value is -2.35. The number of unbranched alkanes of at least 4 members (excludes halogenated alkanes) is 1. The van der Waals surface area contributed by atoms with Crippen LogP contribution in [0.4, 0.5) is 0 Å². The molecule has 0 atom stereocenters. The van der Waals surface area contributed by atoms with Gasteiger partial charge >= 0.3 is 0 Å². The van der Waals surface area contributed by atoms with Crippen LogP contribution in [-0.2, 0) is 12.8 Å². The molecule has 0 bridgehead atoms. The molecule has 19 heavy (non-hydrogen) atoms. The Kier molecular flexibility index (Phi) is 4.51. The van der Waals surface area contributed by atoms with Gasteiger partial charge in [0.15, 0.2) is 5.82 Å². The molecule has 1 aromatic heterocycles. The fourth-order valence-corrected chi connectivity index (χ4v) is 1.71. The molecule has 5 heteroatoms. The van der Waals surface area contributed by atoms with Gasteiger partial charge in [-0.2, -0.15) is 10.2 Å². The Morgan fingerprint density at radius 2 is 2.11 bits per heavy atom. The summed E-state index contributed by atoms with van der Waals surface area (Å²) in [5, 5.41) is 12.4.